The van der Waals surface area contributed by atoms with E-state index in [4.69, 9.17) is 20.8 Å². The average molecular weight is 289 g/mol. The molecule has 0 amide bonds. The maximum absolute atomic E-state index is 10.4. The lowest BCUT2D eigenvalue weighted by atomic mass is 10.1. The van der Waals surface area contributed by atoms with Crippen molar-refractivity contribution in [2.24, 2.45) is 0 Å². The van der Waals surface area contributed by atoms with E-state index >= 15 is 0 Å². The lowest BCUT2D eigenvalue weighted by Gasteiger charge is -2.09. The Morgan fingerprint density at radius 3 is 2.70 bits per heavy atom. The fraction of sp³-hybridized carbons (Fsp3) is 0.125. The van der Waals surface area contributed by atoms with Crippen LogP contribution in [0.3, 0.4) is 0 Å². The molecule has 3 rings (SSSR count). The number of hydrogen-bond acceptors (Lipinski definition) is 3. The molecule has 0 radical (unpaired) electrons. The van der Waals surface area contributed by atoms with Gasteiger partial charge in [0.25, 0.3) is 0 Å². The van der Waals surface area contributed by atoms with Crippen LogP contribution in [-0.4, -0.2) is 12.2 Å². The quantitative estimate of drug-likeness (QED) is 0.786. The second-order valence-corrected chi connectivity index (χ2v) is 4.86. The van der Waals surface area contributed by atoms with E-state index in [1.54, 1.807) is 25.3 Å². The summed E-state index contributed by atoms with van der Waals surface area (Å²) in [7, 11) is 1.58. The number of methoxy groups -OCH3 is 1. The van der Waals surface area contributed by atoms with Crippen molar-refractivity contribution in [2.75, 3.05) is 7.11 Å². The molecule has 1 atom stereocenters. The molecule has 0 bridgehead atoms. The number of fused-ring (bicyclic) bond motifs is 1. The average Bonchev–Trinajstić information content (AvgIpc) is 2.91. The first-order valence-corrected chi connectivity index (χ1v) is 6.57. The van der Waals surface area contributed by atoms with Gasteiger partial charge in [0.05, 0.1) is 7.11 Å². The SMILES string of the molecule is COc1cccc2cc([C@@H](O)c3ccccc3Cl)oc12. The highest BCUT2D eigenvalue weighted by Crippen LogP contribution is 2.34. The van der Waals surface area contributed by atoms with Gasteiger partial charge in [0.2, 0.25) is 0 Å². The number of furan rings is 1. The molecule has 0 spiro atoms. The Bertz CT molecular complexity index is 748. The van der Waals surface area contributed by atoms with E-state index in [0.717, 1.165) is 5.39 Å². The van der Waals surface area contributed by atoms with Gasteiger partial charge >= 0.3 is 0 Å². The molecule has 1 N–H and O–H groups in total. The van der Waals surface area contributed by atoms with Crippen molar-refractivity contribution in [3.8, 4) is 5.75 Å². The number of ether oxygens (including phenoxy) is 1. The largest absolute Gasteiger partial charge is 0.493 e. The molecule has 102 valence electrons. The van der Waals surface area contributed by atoms with Crippen LogP contribution >= 0.6 is 11.6 Å². The number of halogens is 1. The Morgan fingerprint density at radius 2 is 1.95 bits per heavy atom. The minimum absolute atomic E-state index is 0.442. The normalized spacial score (nSPS) is 12.6. The van der Waals surface area contributed by atoms with Crippen molar-refractivity contribution in [2.45, 2.75) is 6.10 Å². The predicted octanol–water partition coefficient (Wildman–Crippen LogP) is 4.18. The minimum Gasteiger partial charge on any atom is -0.493 e. The molecule has 0 saturated carbocycles. The van der Waals surface area contributed by atoms with Crippen LogP contribution in [0.1, 0.15) is 17.4 Å². The van der Waals surface area contributed by atoms with Crippen LogP contribution in [-0.2, 0) is 0 Å². The molecule has 0 aliphatic heterocycles. The van der Waals surface area contributed by atoms with Crippen LogP contribution in [0.2, 0.25) is 5.02 Å². The van der Waals surface area contributed by atoms with Crippen LogP contribution in [0.15, 0.2) is 52.9 Å². The van der Waals surface area contributed by atoms with Crippen LogP contribution < -0.4 is 4.74 Å². The number of aliphatic hydroxyl groups excluding tert-OH is 1. The molecule has 0 unspecified atom stereocenters. The number of benzene rings is 2. The Labute approximate surface area is 121 Å². The summed E-state index contributed by atoms with van der Waals surface area (Å²) in [5.41, 5.74) is 1.24. The van der Waals surface area contributed by atoms with Gasteiger partial charge in [-0.2, -0.15) is 0 Å². The van der Waals surface area contributed by atoms with E-state index in [1.165, 1.54) is 0 Å². The highest BCUT2D eigenvalue weighted by Gasteiger charge is 2.19. The molecule has 3 aromatic rings. The van der Waals surface area contributed by atoms with Crippen LogP contribution in [0, 0.1) is 0 Å². The first-order valence-electron chi connectivity index (χ1n) is 6.19. The number of para-hydroxylation sites is 1. The maximum Gasteiger partial charge on any atom is 0.176 e. The summed E-state index contributed by atoms with van der Waals surface area (Å²) in [5.74, 6) is 1.08. The second kappa shape index (κ2) is 5.19. The van der Waals surface area contributed by atoms with E-state index in [-0.39, 0.29) is 0 Å². The third kappa shape index (κ3) is 2.15. The van der Waals surface area contributed by atoms with Crippen molar-refractivity contribution < 1.29 is 14.3 Å². The molecule has 1 heterocycles. The Balaban J connectivity index is 2.09. The molecular weight excluding hydrogens is 276 g/mol. The standard InChI is InChI=1S/C16H13ClO3/c1-19-13-8-4-5-10-9-14(20-16(10)13)15(18)11-6-2-3-7-12(11)17/h2-9,15,18H,1H3/t15-/m0/s1. The van der Waals surface area contributed by atoms with Crippen LogP contribution in [0.25, 0.3) is 11.0 Å². The van der Waals surface area contributed by atoms with Crippen LogP contribution in [0.5, 0.6) is 5.75 Å². The summed E-state index contributed by atoms with van der Waals surface area (Å²) in [6.07, 6.45) is -0.902. The van der Waals surface area contributed by atoms with E-state index in [1.807, 2.05) is 30.3 Å². The summed E-state index contributed by atoms with van der Waals surface area (Å²) >= 11 is 6.10. The zero-order chi connectivity index (χ0) is 14.1. The van der Waals surface area contributed by atoms with Crippen molar-refractivity contribution in [3.05, 3.63) is 64.9 Å². The van der Waals surface area contributed by atoms with Crippen molar-refractivity contribution in [1.82, 2.24) is 0 Å². The molecule has 4 heteroatoms. The molecule has 20 heavy (non-hydrogen) atoms. The Hall–Kier alpha value is -1.97. The molecule has 1 aromatic heterocycles. The van der Waals surface area contributed by atoms with Crippen molar-refractivity contribution >= 4 is 22.6 Å². The van der Waals surface area contributed by atoms with Crippen molar-refractivity contribution in [3.63, 3.8) is 0 Å². The highest BCUT2D eigenvalue weighted by atomic mass is 35.5. The third-order valence-corrected chi connectivity index (χ3v) is 3.56. The van der Waals surface area contributed by atoms with Gasteiger partial charge < -0.3 is 14.3 Å². The van der Waals surface area contributed by atoms with Gasteiger partial charge in [-0.1, -0.05) is 41.9 Å². The van der Waals surface area contributed by atoms with Gasteiger partial charge in [-0.05, 0) is 18.2 Å². The molecule has 0 aliphatic rings. The maximum atomic E-state index is 10.4. The monoisotopic (exact) mass is 288 g/mol. The van der Waals surface area contributed by atoms with Crippen LogP contribution in [0.4, 0.5) is 0 Å². The van der Waals surface area contributed by atoms with E-state index in [2.05, 4.69) is 0 Å². The van der Waals surface area contributed by atoms with Crippen molar-refractivity contribution in [1.29, 1.82) is 0 Å². The minimum atomic E-state index is -0.902. The molecule has 3 nitrogen and oxygen atoms in total. The zero-order valence-electron chi connectivity index (χ0n) is 10.8. The van der Waals surface area contributed by atoms with Gasteiger partial charge in [0, 0.05) is 16.0 Å². The molecular formula is C16H13ClO3. The second-order valence-electron chi connectivity index (χ2n) is 4.45. The molecule has 2 aromatic carbocycles. The summed E-state index contributed by atoms with van der Waals surface area (Å²) < 4.78 is 11.0. The predicted molar refractivity (Wildman–Crippen MR) is 78.3 cm³/mol. The molecule has 0 fully saturated rings. The Kier molecular flexibility index (Phi) is 3.38. The number of rotatable bonds is 3. The van der Waals surface area contributed by atoms with E-state index < -0.39 is 6.10 Å². The fourth-order valence-corrected chi connectivity index (χ4v) is 2.44. The fourth-order valence-electron chi connectivity index (χ4n) is 2.20. The highest BCUT2D eigenvalue weighted by molar-refractivity contribution is 6.31. The summed E-state index contributed by atoms with van der Waals surface area (Å²) in [6.45, 7) is 0. The third-order valence-electron chi connectivity index (χ3n) is 3.22. The lowest BCUT2D eigenvalue weighted by Crippen LogP contribution is -1.98. The van der Waals surface area contributed by atoms with E-state index in [9.17, 15) is 5.11 Å². The summed E-state index contributed by atoms with van der Waals surface area (Å²) in [4.78, 5) is 0. The smallest absolute Gasteiger partial charge is 0.176 e. The molecule has 0 saturated heterocycles. The zero-order valence-corrected chi connectivity index (χ0v) is 11.6. The van der Waals surface area contributed by atoms with Gasteiger partial charge in [-0.25, -0.2) is 0 Å². The Morgan fingerprint density at radius 1 is 1.15 bits per heavy atom. The van der Waals surface area contributed by atoms with E-state index in [0.29, 0.717) is 27.7 Å². The van der Waals surface area contributed by atoms with Gasteiger partial charge in [0.15, 0.2) is 11.3 Å². The van der Waals surface area contributed by atoms with Gasteiger partial charge in [-0.15, -0.1) is 0 Å². The number of hydrogen-bond donors (Lipinski definition) is 1. The first kappa shape index (κ1) is 13.0. The molecule has 0 aliphatic carbocycles. The first-order chi connectivity index (χ1) is 9.70. The summed E-state index contributed by atoms with van der Waals surface area (Å²) in [6, 6.07) is 14.6. The lowest BCUT2D eigenvalue weighted by molar-refractivity contribution is 0.192. The summed E-state index contributed by atoms with van der Waals surface area (Å²) in [5, 5.41) is 11.8. The van der Waals surface area contributed by atoms with Gasteiger partial charge in [-0.3, -0.25) is 0 Å². The van der Waals surface area contributed by atoms with Gasteiger partial charge in [0.1, 0.15) is 11.9 Å². The topological polar surface area (TPSA) is 42.6 Å². The number of aliphatic hydroxyl groups is 1.